The quantitative estimate of drug-likeness (QED) is 0.570. The molecule has 6 rings (SSSR count). The van der Waals surface area contributed by atoms with Crippen molar-refractivity contribution >= 4 is 23.5 Å². The minimum atomic E-state index is -0.797. The summed E-state index contributed by atoms with van der Waals surface area (Å²) in [5.41, 5.74) is 1.98. The summed E-state index contributed by atoms with van der Waals surface area (Å²) in [6, 6.07) is 8.49. The van der Waals surface area contributed by atoms with Crippen LogP contribution >= 0.6 is 0 Å². The predicted molar refractivity (Wildman–Crippen MR) is 124 cm³/mol. The van der Waals surface area contributed by atoms with Crippen molar-refractivity contribution in [1.29, 1.82) is 0 Å². The largest absolute Gasteiger partial charge is 0.336 e. The lowest BCUT2D eigenvalue weighted by molar-refractivity contribution is -0.138. The normalized spacial score (nSPS) is 33.8. The van der Waals surface area contributed by atoms with Crippen LogP contribution in [0.15, 0.2) is 42.0 Å². The maximum absolute atomic E-state index is 13.5. The molecule has 174 valence electrons. The van der Waals surface area contributed by atoms with Gasteiger partial charge in [-0.3, -0.25) is 14.5 Å². The number of nitrogens with zero attached hydrogens (tertiary/aromatic N) is 3. The van der Waals surface area contributed by atoms with Crippen LogP contribution in [0.2, 0.25) is 0 Å². The molecule has 0 aromatic heterocycles. The number of piperidine rings is 3. The van der Waals surface area contributed by atoms with E-state index in [0.717, 1.165) is 30.8 Å². The number of imide groups is 1. The summed E-state index contributed by atoms with van der Waals surface area (Å²) in [5, 5.41) is 2.74. The third-order valence-electron chi connectivity index (χ3n) is 8.39. The van der Waals surface area contributed by atoms with Crippen LogP contribution in [-0.4, -0.2) is 65.4 Å². The van der Waals surface area contributed by atoms with E-state index in [2.05, 4.69) is 16.3 Å². The van der Waals surface area contributed by atoms with Gasteiger partial charge in [-0.15, -0.1) is 0 Å². The Morgan fingerprint density at radius 1 is 1.06 bits per heavy atom. The molecule has 0 spiro atoms. The number of urea groups is 1. The van der Waals surface area contributed by atoms with E-state index in [0.29, 0.717) is 23.6 Å². The molecule has 1 unspecified atom stereocenters. The first-order valence-corrected chi connectivity index (χ1v) is 12.5. The summed E-state index contributed by atoms with van der Waals surface area (Å²) >= 11 is 0. The standard InChI is InChI=1S/C26H32N4O3/c31-23(15-21-25(32)30(26(33)27-21)20-8-2-1-3-9-20)29-12-6-7-17-13-18-14-19(24(17)29)16-28-11-5-4-10-22(18)28/h1-3,8-9,13,18-19,21-22,24H,4-7,10-12,14-16H2,(H,27,33)/t18-,19-,21?,22+,24+/m0/s1. The van der Waals surface area contributed by atoms with Crippen LogP contribution in [0.1, 0.15) is 44.9 Å². The molecule has 7 nitrogen and oxygen atoms in total. The lowest BCUT2D eigenvalue weighted by atomic mass is 9.68. The van der Waals surface area contributed by atoms with Gasteiger partial charge in [0.05, 0.1) is 18.2 Å². The highest BCUT2D eigenvalue weighted by Gasteiger charge is 2.48. The van der Waals surface area contributed by atoms with Gasteiger partial charge in [-0.05, 0) is 62.6 Å². The number of rotatable bonds is 3. The van der Waals surface area contributed by atoms with Crippen molar-refractivity contribution in [2.24, 2.45) is 11.8 Å². The van der Waals surface area contributed by atoms with E-state index < -0.39 is 12.1 Å². The van der Waals surface area contributed by atoms with E-state index in [1.54, 1.807) is 24.3 Å². The van der Waals surface area contributed by atoms with Gasteiger partial charge in [0.15, 0.2) is 0 Å². The molecule has 7 heteroatoms. The number of likely N-dealkylation sites (tertiary alicyclic amines) is 1. The Balaban J connectivity index is 1.19. The first-order valence-electron chi connectivity index (χ1n) is 12.5. The van der Waals surface area contributed by atoms with E-state index in [9.17, 15) is 14.4 Å². The summed E-state index contributed by atoms with van der Waals surface area (Å²) in [6.45, 7) is 3.00. The highest BCUT2D eigenvalue weighted by Crippen LogP contribution is 2.45. The number of nitrogens with one attached hydrogen (secondary N) is 1. The number of amides is 4. The lowest BCUT2D eigenvalue weighted by Gasteiger charge is -2.54. The molecule has 1 aromatic carbocycles. The highest BCUT2D eigenvalue weighted by molar-refractivity contribution is 6.22. The van der Waals surface area contributed by atoms with Crippen molar-refractivity contribution in [3.8, 4) is 0 Å². The molecule has 1 aliphatic carbocycles. The Kier molecular flexibility index (Phi) is 5.24. The highest BCUT2D eigenvalue weighted by atomic mass is 16.2. The number of fused-ring (bicyclic) bond motifs is 6. The third kappa shape index (κ3) is 3.57. The number of carbonyl (C=O) groups excluding carboxylic acids is 3. The maximum atomic E-state index is 13.5. The van der Waals surface area contributed by atoms with Gasteiger partial charge >= 0.3 is 6.03 Å². The lowest BCUT2D eigenvalue weighted by Crippen LogP contribution is -2.60. The van der Waals surface area contributed by atoms with Crippen LogP contribution in [-0.2, 0) is 9.59 Å². The number of carbonyl (C=O) groups is 3. The molecule has 4 heterocycles. The van der Waals surface area contributed by atoms with Crippen LogP contribution in [0.3, 0.4) is 0 Å². The average Bonchev–Trinajstić information content (AvgIpc) is 3.11. The van der Waals surface area contributed by atoms with Gasteiger partial charge in [0.2, 0.25) is 5.91 Å². The van der Waals surface area contributed by atoms with Crippen molar-refractivity contribution in [3.63, 3.8) is 0 Å². The summed E-state index contributed by atoms with van der Waals surface area (Å²) in [5.74, 6) is 0.743. The zero-order valence-electron chi connectivity index (χ0n) is 19.0. The first-order chi connectivity index (χ1) is 16.1. The van der Waals surface area contributed by atoms with Gasteiger partial charge in [0.1, 0.15) is 6.04 Å². The van der Waals surface area contributed by atoms with Crippen molar-refractivity contribution in [2.45, 2.75) is 63.1 Å². The van der Waals surface area contributed by atoms with Crippen molar-refractivity contribution < 1.29 is 14.4 Å². The number of hydrogen-bond acceptors (Lipinski definition) is 4. The Hall–Kier alpha value is -2.67. The topological polar surface area (TPSA) is 73.0 Å². The Labute approximate surface area is 194 Å². The second-order valence-corrected chi connectivity index (χ2v) is 10.3. The van der Waals surface area contributed by atoms with Gasteiger partial charge in [0, 0.05) is 19.1 Å². The molecule has 5 aliphatic rings. The summed E-state index contributed by atoms with van der Waals surface area (Å²) in [4.78, 5) is 44.9. The van der Waals surface area contributed by atoms with Gasteiger partial charge in [0.25, 0.3) is 5.91 Å². The van der Waals surface area contributed by atoms with Crippen molar-refractivity contribution in [3.05, 3.63) is 42.0 Å². The Morgan fingerprint density at radius 2 is 1.91 bits per heavy atom. The molecule has 4 saturated heterocycles. The maximum Gasteiger partial charge on any atom is 0.329 e. The molecule has 4 aliphatic heterocycles. The SMILES string of the molecule is O=C1NC(CC(=O)N2CCCC3=C[C@H]4C[C@@H](CN5CCCC[C@H]45)[C@@H]32)C(=O)N1c1ccccc1. The number of hydrogen-bond donors (Lipinski definition) is 1. The van der Waals surface area contributed by atoms with Crippen LogP contribution in [0, 0.1) is 11.8 Å². The van der Waals surface area contributed by atoms with E-state index >= 15 is 0 Å². The van der Waals surface area contributed by atoms with E-state index in [1.165, 1.54) is 37.8 Å². The molecule has 1 aromatic rings. The second-order valence-electron chi connectivity index (χ2n) is 10.3. The summed E-state index contributed by atoms with van der Waals surface area (Å²) in [7, 11) is 0. The fourth-order valence-electron chi connectivity index (χ4n) is 7.04. The van der Waals surface area contributed by atoms with Crippen LogP contribution in [0.25, 0.3) is 0 Å². The fraction of sp³-hybridized carbons (Fsp3) is 0.577. The smallest absolute Gasteiger partial charge is 0.329 e. The summed E-state index contributed by atoms with van der Waals surface area (Å²) < 4.78 is 0. The zero-order valence-corrected chi connectivity index (χ0v) is 19.0. The van der Waals surface area contributed by atoms with Gasteiger partial charge < -0.3 is 10.2 Å². The van der Waals surface area contributed by atoms with Gasteiger partial charge in [-0.25, -0.2) is 9.69 Å². The van der Waals surface area contributed by atoms with Gasteiger partial charge in [-0.2, -0.15) is 0 Å². The third-order valence-corrected chi connectivity index (χ3v) is 8.39. The molecule has 0 radical (unpaired) electrons. The predicted octanol–water partition coefficient (Wildman–Crippen LogP) is 2.92. The minimum absolute atomic E-state index is 0.0154. The van der Waals surface area contributed by atoms with E-state index in [-0.39, 0.29) is 24.3 Å². The number of benzene rings is 1. The van der Waals surface area contributed by atoms with Crippen molar-refractivity contribution in [1.82, 2.24) is 15.1 Å². The number of anilines is 1. The Bertz CT molecular complexity index is 993. The number of para-hydroxylation sites is 1. The molecular formula is C26H32N4O3. The summed E-state index contributed by atoms with van der Waals surface area (Å²) in [6.07, 6.45) is 9.67. The molecule has 5 atom stereocenters. The molecule has 33 heavy (non-hydrogen) atoms. The monoisotopic (exact) mass is 448 g/mol. The zero-order chi connectivity index (χ0) is 22.5. The second kappa shape index (κ2) is 8.28. The van der Waals surface area contributed by atoms with Crippen LogP contribution < -0.4 is 10.2 Å². The molecular weight excluding hydrogens is 416 g/mol. The molecule has 4 fully saturated rings. The van der Waals surface area contributed by atoms with Crippen LogP contribution in [0.4, 0.5) is 10.5 Å². The Morgan fingerprint density at radius 3 is 2.76 bits per heavy atom. The molecule has 4 amide bonds. The minimum Gasteiger partial charge on any atom is -0.336 e. The molecule has 1 N–H and O–H groups in total. The molecule has 0 saturated carbocycles. The van der Waals surface area contributed by atoms with Crippen molar-refractivity contribution in [2.75, 3.05) is 24.5 Å². The van der Waals surface area contributed by atoms with E-state index in [1.807, 2.05) is 11.0 Å². The van der Waals surface area contributed by atoms with Gasteiger partial charge in [-0.1, -0.05) is 36.3 Å². The van der Waals surface area contributed by atoms with Crippen LogP contribution in [0.5, 0.6) is 0 Å². The first kappa shape index (κ1) is 20.9. The average molecular weight is 449 g/mol. The fourth-order valence-corrected chi connectivity index (χ4v) is 7.04. The molecule has 2 bridgehead atoms. The van der Waals surface area contributed by atoms with E-state index in [4.69, 9.17) is 0 Å².